The molecule has 0 saturated carbocycles. The summed E-state index contributed by atoms with van der Waals surface area (Å²) in [5, 5.41) is 2.01. The molecule has 0 N–H and O–H groups in total. The zero-order chi connectivity index (χ0) is 15.7. The fourth-order valence-electron chi connectivity index (χ4n) is 3.57. The molecule has 1 amide bonds. The van der Waals surface area contributed by atoms with E-state index in [0.29, 0.717) is 18.5 Å². The van der Waals surface area contributed by atoms with Gasteiger partial charge in [-0.15, -0.1) is 11.3 Å². The minimum absolute atomic E-state index is 0.111. The van der Waals surface area contributed by atoms with Crippen molar-refractivity contribution in [2.24, 2.45) is 5.92 Å². The number of methoxy groups -OCH3 is 1. The highest BCUT2D eigenvalue weighted by molar-refractivity contribution is 7.10. The van der Waals surface area contributed by atoms with Gasteiger partial charge >= 0.3 is 5.97 Å². The molecule has 2 aliphatic heterocycles. The molecular weight excluding hydrogens is 300 g/mol. The number of piperazine rings is 1. The maximum absolute atomic E-state index is 12.4. The number of rotatable bonds is 5. The molecule has 0 aromatic carbocycles. The van der Waals surface area contributed by atoms with E-state index in [1.807, 2.05) is 29.3 Å². The second kappa shape index (κ2) is 6.38. The monoisotopic (exact) mass is 322 g/mol. The summed E-state index contributed by atoms with van der Waals surface area (Å²) in [5.41, 5.74) is 0. The van der Waals surface area contributed by atoms with Crippen LogP contribution in [0, 0.1) is 5.92 Å². The van der Waals surface area contributed by atoms with Crippen LogP contribution in [-0.4, -0.2) is 60.5 Å². The second-order valence-electron chi connectivity index (χ2n) is 6.22. The van der Waals surface area contributed by atoms with Crippen molar-refractivity contribution in [2.75, 3.05) is 26.7 Å². The van der Waals surface area contributed by atoms with E-state index in [2.05, 4.69) is 4.90 Å². The Hall–Kier alpha value is -1.40. The Morgan fingerprint density at radius 3 is 2.82 bits per heavy atom. The Kier molecular flexibility index (Phi) is 4.49. The van der Waals surface area contributed by atoms with E-state index >= 15 is 0 Å². The molecule has 120 valence electrons. The zero-order valence-corrected chi connectivity index (χ0v) is 13.8. The van der Waals surface area contributed by atoms with Gasteiger partial charge in [0, 0.05) is 36.6 Å². The predicted octanol–water partition coefficient (Wildman–Crippen LogP) is 1.38. The van der Waals surface area contributed by atoms with E-state index in [-0.39, 0.29) is 17.8 Å². The minimum atomic E-state index is -0.159. The van der Waals surface area contributed by atoms with Crippen molar-refractivity contribution in [3.05, 3.63) is 22.4 Å². The van der Waals surface area contributed by atoms with Gasteiger partial charge in [-0.05, 0) is 17.9 Å². The lowest BCUT2D eigenvalue weighted by Crippen LogP contribution is -2.50. The van der Waals surface area contributed by atoms with Crippen LogP contribution in [0.4, 0.5) is 0 Å². The third kappa shape index (κ3) is 3.03. The normalized spacial score (nSPS) is 25.5. The van der Waals surface area contributed by atoms with Crippen LogP contribution in [0.25, 0.3) is 0 Å². The van der Waals surface area contributed by atoms with Crippen molar-refractivity contribution < 1.29 is 14.3 Å². The standard InChI is InChI=1S/C16H22N2O3S/c1-11(16(20)21-2)8-17-9-13-6-12(17)10-18(13)15(19)7-14-4-3-5-22-14/h3-5,11-13H,6-10H2,1-2H3/t11-,12+,13+/m0/s1. The van der Waals surface area contributed by atoms with Gasteiger partial charge in [0.2, 0.25) is 5.91 Å². The Labute approximate surface area is 134 Å². The molecular formula is C16H22N2O3S. The molecule has 1 aromatic heterocycles. The van der Waals surface area contributed by atoms with Gasteiger partial charge in [0.1, 0.15) is 0 Å². The van der Waals surface area contributed by atoms with Gasteiger partial charge in [-0.1, -0.05) is 13.0 Å². The number of hydrogen-bond acceptors (Lipinski definition) is 5. The number of amides is 1. The van der Waals surface area contributed by atoms with Crippen LogP contribution in [0.5, 0.6) is 0 Å². The maximum Gasteiger partial charge on any atom is 0.309 e. The highest BCUT2D eigenvalue weighted by Crippen LogP contribution is 2.32. The Morgan fingerprint density at radius 1 is 1.41 bits per heavy atom. The van der Waals surface area contributed by atoms with Gasteiger partial charge in [0.15, 0.2) is 0 Å². The van der Waals surface area contributed by atoms with Gasteiger partial charge in [-0.3, -0.25) is 14.5 Å². The molecule has 2 fully saturated rings. The molecule has 1 aromatic rings. The van der Waals surface area contributed by atoms with Gasteiger partial charge < -0.3 is 9.64 Å². The van der Waals surface area contributed by atoms with Crippen molar-refractivity contribution in [2.45, 2.75) is 31.8 Å². The number of esters is 1. The summed E-state index contributed by atoms with van der Waals surface area (Å²) in [7, 11) is 1.43. The summed E-state index contributed by atoms with van der Waals surface area (Å²) in [6.45, 7) is 4.29. The van der Waals surface area contributed by atoms with Crippen molar-refractivity contribution in [1.82, 2.24) is 9.80 Å². The first-order chi connectivity index (χ1) is 10.6. The summed E-state index contributed by atoms with van der Waals surface area (Å²) in [6, 6.07) is 4.70. The van der Waals surface area contributed by atoms with Crippen LogP contribution in [0.3, 0.4) is 0 Å². The Balaban J connectivity index is 1.53. The van der Waals surface area contributed by atoms with E-state index in [4.69, 9.17) is 4.74 Å². The highest BCUT2D eigenvalue weighted by Gasteiger charge is 2.45. The van der Waals surface area contributed by atoms with Gasteiger partial charge in [0.05, 0.1) is 19.4 Å². The average molecular weight is 322 g/mol. The quantitative estimate of drug-likeness (QED) is 0.769. The van der Waals surface area contributed by atoms with Gasteiger partial charge in [-0.2, -0.15) is 0 Å². The fraction of sp³-hybridized carbons (Fsp3) is 0.625. The molecule has 6 heteroatoms. The van der Waals surface area contributed by atoms with E-state index in [9.17, 15) is 9.59 Å². The summed E-state index contributed by atoms with van der Waals surface area (Å²) < 4.78 is 4.79. The third-order valence-electron chi connectivity index (χ3n) is 4.69. The molecule has 2 aliphatic rings. The van der Waals surface area contributed by atoms with Crippen LogP contribution in [0.2, 0.25) is 0 Å². The van der Waals surface area contributed by atoms with Crippen LogP contribution < -0.4 is 0 Å². The van der Waals surface area contributed by atoms with Crippen LogP contribution in [-0.2, 0) is 20.7 Å². The first-order valence-corrected chi connectivity index (χ1v) is 8.60. The fourth-order valence-corrected chi connectivity index (χ4v) is 4.27. The van der Waals surface area contributed by atoms with Crippen molar-refractivity contribution in [3.8, 4) is 0 Å². The zero-order valence-electron chi connectivity index (χ0n) is 13.0. The molecule has 3 atom stereocenters. The minimum Gasteiger partial charge on any atom is -0.469 e. The number of ether oxygens (including phenoxy) is 1. The van der Waals surface area contributed by atoms with Crippen molar-refractivity contribution in [3.63, 3.8) is 0 Å². The molecule has 2 saturated heterocycles. The third-order valence-corrected chi connectivity index (χ3v) is 5.57. The highest BCUT2D eigenvalue weighted by atomic mass is 32.1. The lowest BCUT2D eigenvalue weighted by Gasteiger charge is -2.35. The molecule has 0 unspecified atom stereocenters. The van der Waals surface area contributed by atoms with E-state index in [1.165, 1.54) is 7.11 Å². The SMILES string of the molecule is COC(=O)[C@@H](C)CN1C[C@H]2C[C@@H]1CN2C(=O)Cc1cccs1. The van der Waals surface area contributed by atoms with Gasteiger partial charge in [0.25, 0.3) is 0 Å². The molecule has 3 rings (SSSR count). The number of hydrogen-bond donors (Lipinski definition) is 0. The lowest BCUT2D eigenvalue weighted by atomic mass is 10.1. The molecule has 2 bridgehead atoms. The first kappa shape index (κ1) is 15.5. The lowest BCUT2D eigenvalue weighted by molar-refractivity contribution is -0.146. The summed E-state index contributed by atoms with van der Waals surface area (Å²) in [5.74, 6) is -0.0383. The van der Waals surface area contributed by atoms with E-state index < -0.39 is 0 Å². The van der Waals surface area contributed by atoms with E-state index in [1.54, 1.807) is 11.3 Å². The Bertz CT molecular complexity index is 546. The second-order valence-corrected chi connectivity index (χ2v) is 7.26. The molecule has 5 nitrogen and oxygen atoms in total. The number of carbonyl (C=O) groups is 2. The number of carbonyl (C=O) groups excluding carboxylic acids is 2. The molecule has 3 heterocycles. The first-order valence-electron chi connectivity index (χ1n) is 7.72. The summed E-state index contributed by atoms with van der Waals surface area (Å²) in [4.78, 5) is 29.5. The molecule has 0 aliphatic carbocycles. The number of nitrogens with zero attached hydrogens (tertiary/aromatic N) is 2. The summed E-state index contributed by atoms with van der Waals surface area (Å²) in [6.07, 6.45) is 1.55. The van der Waals surface area contributed by atoms with Crippen molar-refractivity contribution in [1.29, 1.82) is 0 Å². The van der Waals surface area contributed by atoms with Gasteiger partial charge in [-0.25, -0.2) is 0 Å². The topological polar surface area (TPSA) is 49.9 Å². The number of thiophene rings is 1. The predicted molar refractivity (Wildman–Crippen MR) is 84.7 cm³/mol. The number of likely N-dealkylation sites (tertiary alicyclic amines) is 2. The summed E-state index contributed by atoms with van der Waals surface area (Å²) >= 11 is 1.64. The molecule has 0 spiro atoms. The van der Waals surface area contributed by atoms with Crippen LogP contribution >= 0.6 is 11.3 Å². The van der Waals surface area contributed by atoms with Crippen molar-refractivity contribution >= 4 is 23.2 Å². The smallest absolute Gasteiger partial charge is 0.309 e. The van der Waals surface area contributed by atoms with E-state index in [0.717, 1.165) is 30.9 Å². The largest absolute Gasteiger partial charge is 0.469 e. The molecule has 22 heavy (non-hydrogen) atoms. The maximum atomic E-state index is 12.4. The van der Waals surface area contributed by atoms with Crippen LogP contribution in [0.1, 0.15) is 18.2 Å². The molecule has 0 radical (unpaired) electrons. The van der Waals surface area contributed by atoms with Crippen LogP contribution in [0.15, 0.2) is 17.5 Å². The average Bonchev–Trinajstić information content (AvgIpc) is 3.22. The Morgan fingerprint density at radius 2 is 2.23 bits per heavy atom. The number of fused-ring (bicyclic) bond motifs is 2.